The highest BCUT2D eigenvalue weighted by Gasteiger charge is 2.13. The highest BCUT2D eigenvalue weighted by atomic mass is 19.1. The van der Waals surface area contributed by atoms with Gasteiger partial charge in [-0.05, 0) is 29.8 Å². The number of methoxy groups -OCH3 is 1. The van der Waals surface area contributed by atoms with E-state index in [1.165, 1.54) is 19.2 Å². The zero-order chi connectivity index (χ0) is 16.2. The van der Waals surface area contributed by atoms with Crippen LogP contribution in [0.2, 0.25) is 0 Å². The molecule has 0 aliphatic rings. The average Bonchev–Trinajstić information content (AvgIpc) is 2.96. The Morgan fingerprint density at radius 2 is 2.09 bits per heavy atom. The van der Waals surface area contributed by atoms with E-state index < -0.39 is 11.8 Å². The third-order valence-corrected chi connectivity index (χ3v) is 3.38. The Morgan fingerprint density at radius 1 is 1.26 bits per heavy atom. The summed E-state index contributed by atoms with van der Waals surface area (Å²) in [7, 11) is 1.39. The van der Waals surface area contributed by atoms with Crippen LogP contribution in [0.5, 0.6) is 5.75 Å². The van der Waals surface area contributed by atoms with Gasteiger partial charge in [0, 0.05) is 5.39 Å². The molecule has 2 aromatic carbocycles. The molecule has 3 rings (SSSR count). The number of esters is 1. The van der Waals surface area contributed by atoms with Gasteiger partial charge in [-0.25, -0.2) is 4.39 Å². The van der Waals surface area contributed by atoms with Crippen LogP contribution in [0, 0.1) is 5.82 Å². The van der Waals surface area contributed by atoms with E-state index in [1.54, 1.807) is 12.1 Å². The van der Waals surface area contributed by atoms with Crippen molar-refractivity contribution in [1.29, 1.82) is 0 Å². The maximum Gasteiger partial charge on any atom is 0.312 e. The number of nitrogens with zero attached hydrogens (tertiary/aromatic N) is 1. The molecule has 0 spiro atoms. The lowest BCUT2D eigenvalue weighted by molar-refractivity contribution is -0.144. The quantitative estimate of drug-likeness (QED) is 0.676. The molecule has 0 fully saturated rings. The number of aromatic nitrogens is 1. The van der Waals surface area contributed by atoms with Crippen molar-refractivity contribution < 1.29 is 23.2 Å². The number of ether oxygens (including phenoxy) is 2. The van der Waals surface area contributed by atoms with Crippen LogP contribution in [0.25, 0.3) is 11.0 Å². The molecule has 0 N–H and O–H groups in total. The Kier molecular flexibility index (Phi) is 4.23. The van der Waals surface area contributed by atoms with Gasteiger partial charge < -0.3 is 14.0 Å². The number of rotatable bonds is 5. The molecule has 0 unspecified atom stereocenters. The lowest BCUT2D eigenvalue weighted by Gasteiger charge is -2.06. The van der Waals surface area contributed by atoms with Gasteiger partial charge in [-0.2, -0.15) is 0 Å². The largest absolute Gasteiger partial charge is 0.494 e. The minimum Gasteiger partial charge on any atom is -0.494 e. The first kappa shape index (κ1) is 15.0. The van der Waals surface area contributed by atoms with Crippen molar-refractivity contribution in [3.8, 4) is 5.75 Å². The first-order valence-corrected chi connectivity index (χ1v) is 6.98. The van der Waals surface area contributed by atoms with Crippen molar-refractivity contribution in [3.05, 3.63) is 59.5 Å². The Labute approximate surface area is 131 Å². The van der Waals surface area contributed by atoms with Gasteiger partial charge in [-0.15, -0.1) is 0 Å². The number of halogens is 1. The van der Waals surface area contributed by atoms with E-state index in [4.69, 9.17) is 14.0 Å². The summed E-state index contributed by atoms with van der Waals surface area (Å²) >= 11 is 0. The molecule has 6 heteroatoms. The molecular weight excluding hydrogens is 301 g/mol. The van der Waals surface area contributed by atoms with Gasteiger partial charge in [0.05, 0.1) is 13.5 Å². The Morgan fingerprint density at radius 3 is 2.87 bits per heavy atom. The molecule has 0 radical (unpaired) electrons. The first-order valence-electron chi connectivity index (χ1n) is 6.98. The SMILES string of the molecule is COc1ccc(COC(=O)Cc2noc3ccccc23)cc1F. The summed E-state index contributed by atoms with van der Waals surface area (Å²) in [6, 6.07) is 11.7. The van der Waals surface area contributed by atoms with Gasteiger partial charge in [-0.1, -0.05) is 23.4 Å². The zero-order valence-corrected chi connectivity index (χ0v) is 12.4. The second kappa shape index (κ2) is 6.48. The number of carbonyl (C=O) groups is 1. The second-order valence-electron chi connectivity index (χ2n) is 4.93. The molecular formula is C17H14FNO4. The maximum absolute atomic E-state index is 13.6. The van der Waals surface area contributed by atoms with E-state index in [2.05, 4.69) is 5.16 Å². The van der Waals surface area contributed by atoms with E-state index in [0.29, 0.717) is 16.8 Å². The van der Waals surface area contributed by atoms with E-state index >= 15 is 0 Å². The normalized spacial score (nSPS) is 10.7. The predicted octanol–water partition coefficient (Wildman–Crippen LogP) is 3.26. The van der Waals surface area contributed by atoms with Gasteiger partial charge >= 0.3 is 5.97 Å². The van der Waals surface area contributed by atoms with E-state index in [1.807, 2.05) is 18.2 Å². The molecule has 0 saturated carbocycles. The molecule has 0 amide bonds. The molecule has 23 heavy (non-hydrogen) atoms. The topological polar surface area (TPSA) is 61.6 Å². The highest BCUT2D eigenvalue weighted by Crippen LogP contribution is 2.20. The Hall–Kier alpha value is -2.89. The van der Waals surface area contributed by atoms with Gasteiger partial charge in [0.2, 0.25) is 0 Å². The van der Waals surface area contributed by atoms with Crippen molar-refractivity contribution in [2.75, 3.05) is 7.11 Å². The van der Waals surface area contributed by atoms with Crippen LogP contribution >= 0.6 is 0 Å². The molecule has 5 nitrogen and oxygen atoms in total. The van der Waals surface area contributed by atoms with Crippen LogP contribution in [0.3, 0.4) is 0 Å². The van der Waals surface area contributed by atoms with E-state index in [9.17, 15) is 9.18 Å². The number of benzene rings is 2. The van der Waals surface area contributed by atoms with Crippen LogP contribution in [0.4, 0.5) is 4.39 Å². The molecule has 1 heterocycles. The molecule has 0 atom stereocenters. The van der Waals surface area contributed by atoms with Crippen molar-refractivity contribution in [2.24, 2.45) is 0 Å². The molecule has 3 aromatic rings. The summed E-state index contributed by atoms with van der Waals surface area (Å²) in [5, 5.41) is 4.65. The monoisotopic (exact) mass is 315 g/mol. The summed E-state index contributed by atoms with van der Waals surface area (Å²) < 4.78 is 28.7. The summed E-state index contributed by atoms with van der Waals surface area (Å²) in [5.41, 5.74) is 1.68. The number of fused-ring (bicyclic) bond motifs is 1. The molecule has 0 aliphatic heterocycles. The summed E-state index contributed by atoms with van der Waals surface area (Å²) in [5.74, 6) is -0.807. The van der Waals surface area contributed by atoms with Gasteiger partial charge in [0.1, 0.15) is 12.3 Å². The zero-order valence-electron chi connectivity index (χ0n) is 12.4. The van der Waals surface area contributed by atoms with Crippen molar-refractivity contribution in [1.82, 2.24) is 5.16 Å². The fourth-order valence-corrected chi connectivity index (χ4v) is 2.22. The van der Waals surface area contributed by atoms with Crippen LogP contribution in [0.1, 0.15) is 11.3 Å². The average molecular weight is 315 g/mol. The molecule has 118 valence electrons. The fraction of sp³-hybridized carbons (Fsp3) is 0.176. The lowest BCUT2D eigenvalue weighted by atomic mass is 10.2. The van der Waals surface area contributed by atoms with Crippen LogP contribution < -0.4 is 4.74 Å². The molecule has 1 aromatic heterocycles. The van der Waals surface area contributed by atoms with Gasteiger partial charge in [0.25, 0.3) is 0 Å². The smallest absolute Gasteiger partial charge is 0.312 e. The summed E-state index contributed by atoms with van der Waals surface area (Å²) in [4.78, 5) is 11.9. The fourth-order valence-electron chi connectivity index (χ4n) is 2.22. The number of carbonyl (C=O) groups excluding carboxylic acids is 1. The van der Waals surface area contributed by atoms with Crippen molar-refractivity contribution in [3.63, 3.8) is 0 Å². The summed E-state index contributed by atoms with van der Waals surface area (Å²) in [6.07, 6.45) is -0.00432. The standard InChI is InChI=1S/C17H14FNO4/c1-21-16-7-6-11(8-13(16)18)10-22-17(20)9-14-12-4-2-3-5-15(12)23-19-14/h2-8H,9-10H2,1H3. The van der Waals surface area contributed by atoms with Crippen molar-refractivity contribution >= 4 is 16.9 Å². The van der Waals surface area contributed by atoms with E-state index in [-0.39, 0.29) is 18.8 Å². The highest BCUT2D eigenvalue weighted by molar-refractivity contribution is 5.84. The molecule has 0 aliphatic carbocycles. The molecule has 0 bridgehead atoms. The number of hydrogen-bond acceptors (Lipinski definition) is 5. The third kappa shape index (κ3) is 3.31. The number of para-hydroxylation sites is 1. The third-order valence-electron chi connectivity index (χ3n) is 3.38. The van der Waals surface area contributed by atoms with Crippen molar-refractivity contribution in [2.45, 2.75) is 13.0 Å². The van der Waals surface area contributed by atoms with Crippen LogP contribution in [-0.2, 0) is 22.6 Å². The predicted molar refractivity (Wildman–Crippen MR) is 80.5 cm³/mol. The Bertz CT molecular complexity index is 843. The van der Waals surface area contributed by atoms with Crippen LogP contribution in [-0.4, -0.2) is 18.2 Å². The summed E-state index contributed by atoms with van der Waals surface area (Å²) in [6.45, 7) is -0.0183. The minimum atomic E-state index is -0.497. The number of hydrogen-bond donors (Lipinski definition) is 0. The van der Waals surface area contributed by atoms with Gasteiger partial charge in [0.15, 0.2) is 17.1 Å². The first-order chi connectivity index (χ1) is 11.2. The second-order valence-corrected chi connectivity index (χ2v) is 4.93. The maximum atomic E-state index is 13.6. The minimum absolute atomic E-state index is 0.00432. The molecule has 0 saturated heterocycles. The lowest BCUT2D eigenvalue weighted by Crippen LogP contribution is -2.08. The van der Waals surface area contributed by atoms with E-state index in [0.717, 1.165) is 5.39 Å². The van der Waals surface area contributed by atoms with Gasteiger partial charge in [-0.3, -0.25) is 4.79 Å². The Balaban J connectivity index is 1.62. The van der Waals surface area contributed by atoms with Crippen LogP contribution in [0.15, 0.2) is 47.0 Å².